The fraction of sp³-hybridized carbons (Fsp3) is 0.296. The van der Waals surface area contributed by atoms with Crippen molar-refractivity contribution in [1.29, 1.82) is 0 Å². The van der Waals surface area contributed by atoms with E-state index in [0.717, 1.165) is 24.3 Å². The molecule has 0 saturated carbocycles. The van der Waals surface area contributed by atoms with Crippen LogP contribution in [-0.2, 0) is 4.79 Å². The van der Waals surface area contributed by atoms with E-state index in [-0.39, 0.29) is 5.91 Å². The summed E-state index contributed by atoms with van der Waals surface area (Å²) in [6.45, 7) is 4.69. The SMILES string of the molecule is CCOc1ccccc1NC(=O)[C@@H](Nc1ccc(N2CCCCC2)cc1)c1ccccc1. The second kappa shape index (κ2) is 10.7. The number of hydrogen-bond donors (Lipinski definition) is 2. The number of rotatable bonds is 8. The predicted molar refractivity (Wildman–Crippen MR) is 132 cm³/mol. The molecule has 1 aliphatic rings. The van der Waals surface area contributed by atoms with Gasteiger partial charge < -0.3 is 20.3 Å². The largest absolute Gasteiger partial charge is 0.492 e. The number of carbonyl (C=O) groups is 1. The molecule has 2 N–H and O–H groups in total. The van der Waals surface area contributed by atoms with Crippen LogP contribution in [0.4, 0.5) is 17.1 Å². The highest BCUT2D eigenvalue weighted by Gasteiger charge is 2.22. The van der Waals surface area contributed by atoms with Crippen molar-refractivity contribution in [2.75, 3.05) is 35.2 Å². The van der Waals surface area contributed by atoms with Crippen molar-refractivity contribution in [3.63, 3.8) is 0 Å². The van der Waals surface area contributed by atoms with Crippen LogP contribution in [0.25, 0.3) is 0 Å². The van der Waals surface area contributed by atoms with Gasteiger partial charge in [-0.2, -0.15) is 0 Å². The Kier molecular flexibility index (Phi) is 7.28. The Morgan fingerprint density at radius 2 is 1.59 bits per heavy atom. The number of anilines is 3. The number of ether oxygens (including phenoxy) is 1. The van der Waals surface area contributed by atoms with Gasteiger partial charge in [0.1, 0.15) is 11.8 Å². The highest BCUT2D eigenvalue weighted by atomic mass is 16.5. The minimum Gasteiger partial charge on any atom is -0.492 e. The Balaban J connectivity index is 1.53. The maximum Gasteiger partial charge on any atom is 0.251 e. The van der Waals surface area contributed by atoms with Gasteiger partial charge in [0.15, 0.2) is 0 Å². The number of piperidine rings is 1. The standard InChI is InChI=1S/C27H31N3O2/c1-2-32-25-14-8-7-13-24(25)29-27(31)26(21-11-5-3-6-12-21)28-22-15-17-23(18-16-22)30-19-9-4-10-20-30/h3,5-8,11-18,26,28H,2,4,9-10,19-20H2,1H3,(H,29,31)/t26-/m0/s1. The average Bonchev–Trinajstić information content (AvgIpc) is 2.85. The third kappa shape index (κ3) is 5.41. The van der Waals surface area contributed by atoms with Gasteiger partial charge in [0.25, 0.3) is 5.91 Å². The van der Waals surface area contributed by atoms with Gasteiger partial charge in [-0.05, 0) is 68.1 Å². The van der Waals surface area contributed by atoms with Gasteiger partial charge in [-0.1, -0.05) is 42.5 Å². The number of para-hydroxylation sites is 2. The van der Waals surface area contributed by atoms with Crippen LogP contribution in [0.3, 0.4) is 0 Å². The lowest BCUT2D eigenvalue weighted by atomic mass is 10.1. The lowest BCUT2D eigenvalue weighted by Crippen LogP contribution is -2.29. The molecule has 0 bridgehead atoms. The molecule has 3 aromatic carbocycles. The molecule has 0 radical (unpaired) electrons. The maximum absolute atomic E-state index is 13.4. The van der Waals surface area contributed by atoms with E-state index >= 15 is 0 Å². The number of nitrogens with zero attached hydrogens (tertiary/aromatic N) is 1. The molecule has 4 rings (SSSR count). The summed E-state index contributed by atoms with van der Waals surface area (Å²) in [5, 5.41) is 6.47. The molecule has 0 aliphatic carbocycles. The molecule has 3 aromatic rings. The van der Waals surface area contributed by atoms with Gasteiger partial charge in [0.2, 0.25) is 0 Å². The average molecular weight is 430 g/mol. The summed E-state index contributed by atoms with van der Waals surface area (Å²) in [5.74, 6) is 0.532. The molecule has 166 valence electrons. The van der Waals surface area contributed by atoms with Gasteiger partial charge in [0, 0.05) is 24.5 Å². The second-order valence-corrected chi connectivity index (χ2v) is 8.00. The molecular formula is C27H31N3O2. The predicted octanol–water partition coefficient (Wildman–Crippen LogP) is 5.87. The third-order valence-electron chi connectivity index (χ3n) is 5.74. The van der Waals surface area contributed by atoms with Crippen molar-refractivity contribution in [3.8, 4) is 5.75 Å². The van der Waals surface area contributed by atoms with E-state index in [2.05, 4.69) is 39.8 Å². The van der Waals surface area contributed by atoms with Crippen molar-refractivity contribution >= 4 is 23.0 Å². The summed E-state index contributed by atoms with van der Waals surface area (Å²) in [7, 11) is 0. The highest BCUT2D eigenvalue weighted by molar-refractivity contribution is 5.98. The fourth-order valence-corrected chi connectivity index (χ4v) is 4.09. The molecule has 32 heavy (non-hydrogen) atoms. The number of amides is 1. The van der Waals surface area contributed by atoms with Crippen LogP contribution in [0.2, 0.25) is 0 Å². The Morgan fingerprint density at radius 1 is 0.906 bits per heavy atom. The van der Waals surface area contributed by atoms with Crippen LogP contribution in [0.1, 0.15) is 37.8 Å². The molecule has 0 aromatic heterocycles. The van der Waals surface area contributed by atoms with Crippen LogP contribution in [-0.4, -0.2) is 25.6 Å². The number of benzene rings is 3. The molecule has 1 fully saturated rings. The molecule has 5 heteroatoms. The van der Waals surface area contributed by atoms with Crippen molar-refractivity contribution in [2.45, 2.75) is 32.2 Å². The zero-order valence-corrected chi connectivity index (χ0v) is 18.6. The first-order chi connectivity index (χ1) is 15.7. The second-order valence-electron chi connectivity index (χ2n) is 8.00. The maximum atomic E-state index is 13.4. The minimum absolute atomic E-state index is 0.136. The number of carbonyl (C=O) groups excluding carboxylic acids is 1. The number of hydrogen-bond acceptors (Lipinski definition) is 4. The van der Waals surface area contributed by atoms with Crippen molar-refractivity contribution in [3.05, 3.63) is 84.4 Å². The third-order valence-corrected chi connectivity index (χ3v) is 5.74. The summed E-state index contributed by atoms with van der Waals surface area (Å²) in [6, 6.07) is 25.2. The fourth-order valence-electron chi connectivity index (χ4n) is 4.09. The van der Waals surface area contributed by atoms with Crippen LogP contribution in [0.15, 0.2) is 78.9 Å². The molecule has 1 heterocycles. The summed E-state index contributed by atoms with van der Waals surface area (Å²) in [5.41, 5.74) is 3.72. The number of nitrogens with one attached hydrogen (secondary N) is 2. The van der Waals surface area contributed by atoms with Crippen LogP contribution in [0.5, 0.6) is 5.75 Å². The summed E-state index contributed by atoms with van der Waals surface area (Å²) >= 11 is 0. The van der Waals surface area contributed by atoms with Crippen molar-refractivity contribution < 1.29 is 9.53 Å². The molecule has 1 aliphatic heterocycles. The van der Waals surface area contributed by atoms with Crippen LogP contribution in [0, 0.1) is 0 Å². The Morgan fingerprint density at radius 3 is 2.31 bits per heavy atom. The van der Waals surface area contributed by atoms with Crippen LogP contribution >= 0.6 is 0 Å². The minimum atomic E-state index is -0.535. The molecule has 0 spiro atoms. The van der Waals surface area contributed by atoms with E-state index in [1.807, 2.05) is 61.5 Å². The van der Waals surface area contributed by atoms with Gasteiger partial charge >= 0.3 is 0 Å². The van der Waals surface area contributed by atoms with E-state index in [9.17, 15) is 4.79 Å². The van der Waals surface area contributed by atoms with Gasteiger partial charge in [-0.3, -0.25) is 4.79 Å². The van der Waals surface area contributed by atoms with Gasteiger partial charge in [0.05, 0.1) is 12.3 Å². The van der Waals surface area contributed by atoms with E-state index in [4.69, 9.17) is 4.74 Å². The first-order valence-electron chi connectivity index (χ1n) is 11.4. The lowest BCUT2D eigenvalue weighted by molar-refractivity contribution is -0.117. The van der Waals surface area contributed by atoms with E-state index < -0.39 is 6.04 Å². The van der Waals surface area contributed by atoms with Gasteiger partial charge in [-0.15, -0.1) is 0 Å². The quantitative estimate of drug-likeness (QED) is 0.470. The van der Waals surface area contributed by atoms with Crippen molar-refractivity contribution in [1.82, 2.24) is 0 Å². The Labute approximate surface area is 190 Å². The lowest BCUT2D eigenvalue weighted by Gasteiger charge is -2.29. The smallest absolute Gasteiger partial charge is 0.251 e. The molecule has 1 amide bonds. The monoisotopic (exact) mass is 429 g/mol. The van der Waals surface area contributed by atoms with Crippen LogP contribution < -0.4 is 20.3 Å². The normalized spacial score (nSPS) is 14.5. The Bertz CT molecular complexity index is 999. The molecule has 1 atom stereocenters. The topological polar surface area (TPSA) is 53.6 Å². The molecule has 1 saturated heterocycles. The zero-order valence-electron chi connectivity index (χ0n) is 18.6. The summed E-state index contributed by atoms with van der Waals surface area (Å²) in [6.07, 6.45) is 3.81. The highest BCUT2D eigenvalue weighted by Crippen LogP contribution is 2.28. The summed E-state index contributed by atoms with van der Waals surface area (Å²) < 4.78 is 5.67. The van der Waals surface area contributed by atoms with Crippen molar-refractivity contribution in [2.24, 2.45) is 0 Å². The summed E-state index contributed by atoms with van der Waals surface area (Å²) in [4.78, 5) is 15.8. The molecule has 0 unspecified atom stereocenters. The molecular weight excluding hydrogens is 398 g/mol. The molecule has 5 nitrogen and oxygen atoms in total. The van der Waals surface area contributed by atoms with E-state index in [0.29, 0.717) is 18.0 Å². The Hall–Kier alpha value is -3.47. The van der Waals surface area contributed by atoms with Gasteiger partial charge in [-0.25, -0.2) is 0 Å². The first kappa shape index (κ1) is 21.8. The van der Waals surface area contributed by atoms with E-state index in [1.54, 1.807) is 0 Å². The first-order valence-corrected chi connectivity index (χ1v) is 11.4. The zero-order chi connectivity index (χ0) is 22.2. The van der Waals surface area contributed by atoms with E-state index in [1.165, 1.54) is 24.9 Å².